The molecule has 1 N–H and O–H groups in total. The standard InChI is InChI=1S/C20H20Cl2N2O2/c1-13-4-3-11-24(12-13)20(26)15-9-7-14(8-10-15)19(25)23-17-6-2-5-16(21)18(17)22/h2,5-10,13H,3-4,11-12H2,1H3,(H,23,25). The summed E-state index contributed by atoms with van der Waals surface area (Å²) in [5.74, 6) is 0.237. The third kappa shape index (κ3) is 4.19. The van der Waals surface area contributed by atoms with Crippen molar-refractivity contribution in [3.8, 4) is 0 Å². The molecule has 1 heterocycles. The molecule has 1 aliphatic heterocycles. The lowest BCUT2D eigenvalue weighted by Gasteiger charge is -2.31. The number of rotatable bonds is 3. The van der Waals surface area contributed by atoms with Crippen LogP contribution in [0, 0.1) is 5.92 Å². The molecule has 2 aromatic carbocycles. The van der Waals surface area contributed by atoms with E-state index in [-0.39, 0.29) is 11.8 Å². The zero-order chi connectivity index (χ0) is 18.7. The first kappa shape index (κ1) is 18.7. The highest BCUT2D eigenvalue weighted by Crippen LogP contribution is 2.29. The topological polar surface area (TPSA) is 49.4 Å². The molecule has 26 heavy (non-hydrogen) atoms. The summed E-state index contributed by atoms with van der Waals surface area (Å²) in [7, 11) is 0. The van der Waals surface area contributed by atoms with Gasteiger partial charge in [0.1, 0.15) is 0 Å². The highest BCUT2D eigenvalue weighted by molar-refractivity contribution is 6.44. The van der Waals surface area contributed by atoms with Gasteiger partial charge in [0.25, 0.3) is 11.8 Å². The van der Waals surface area contributed by atoms with Crippen molar-refractivity contribution in [2.24, 2.45) is 5.92 Å². The van der Waals surface area contributed by atoms with Crippen molar-refractivity contribution >= 4 is 40.7 Å². The lowest BCUT2D eigenvalue weighted by molar-refractivity contribution is 0.0682. The van der Waals surface area contributed by atoms with Crippen LogP contribution >= 0.6 is 23.2 Å². The van der Waals surface area contributed by atoms with Crippen LogP contribution in [-0.4, -0.2) is 29.8 Å². The fourth-order valence-corrected chi connectivity index (χ4v) is 3.46. The number of piperidine rings is 1. The molecule has 2 amide bonds. The summed E-state index contributed by atoms with van der Waals surface area (Å²) < 4.78 is 0. The minimum absolute atomic E-state index is 0.0152. The molecule has 0 saturated carbocycles. The monoisotopic (exact) mass is 390 g/mol. The van der Waals surface area contributed by atoms with Gasteiger partial charge in [0, 0.05) is 24.2 Å². The van der Waals surface area contributed by atoms with Crippen molar-refractivity contribution in [3.05, 3.63) is 63.6 Å². The van der Waals surface area contributed by atoms with Crippen LogP contribution in [0.4, 0.5) is 5.69 Å². The number of hydrogen-bond donors (Lipinski definition) is 1. The summed E-state index contributed by atoms with van der Waals surface area (Å²) in [5.41, 5.74) is 1.49. The first-order valence-electron chi connectivity index (χ1n) is 8.60. The molecule has 0 aromatic heterocycles. The van der Waals surface area contributed by atoms with Crippen molar-refractivity contribution in [1.82, 2.24) is 4.90 Å². The first-order valence-corrected chi connectivity index (χ1v) is 9.36. The number of anilines is 1. The second-order valence-corrected chi connectivity index (χ2v) is 7.42. The second-order valence-electron chi connectivity index (χ2n) is 6.63. The number of amides is 2. The molecule has 1 saturated heterocycles. The summed E-state index contributed by atoms with van der Waals surface area (Å²) in [5, 5.41) is 3.41. The van der Waals surface area contributed by atoms with Gasteiger partial charge in [0.15, 0.2) is 0 Å². The Bertz CT molecular complexity index is 821. The highest BCUT2D eigenvalue weighted by Gasteiger charge is 2.22. The van der Waals surface area contributed by atoms with Gasteiger partial charge in [-0.05, 0) is 55.2 Å². The molecule has 0 spiro atoms. The van der Waals surface area contributed by atoms with E-state index in [9.17, 15) is 9.59 Å². The Balaban J connectivity index is 1.69. The van der Waals surface area contributed by atoms with Gasteiger partial charge in [-0.15, -0.1) is 0 Å². The summed E-state index contributed by atoms with van der Waals surface area (Å²) >= 11 is 12.1. The Kier molecular flexibility index (Phi) is 5.84. The van der Waals surface area contributed by atoms with Crippen LogP contribution in [0.1, 0.15) is 40.5 Å². The summed E-state index contributed by atoms with van der Waals surface area (Å²) in [6, 6.07) is 11.7. The zero-order valence-corrected chi connectivity index (χ0v) is 16.0. The number of benzene rings is 2. The number of carbonyl (C=O) groups excluding carboxylic acids is 2. The molecule has 0 aliphatic carbocycles. The van der Waals surface area contributed by atoms with Gasteiger partial charge in [-0.25, -0.2) is 0 Å². The maximum absolute atomic E-state index is 12.6. The molecule has 0 bridgehead atoms. The average Bonchev–Trinajstić information content (AvgIpc) is 2.65. The average molecular weight is 391 g/mol. The third-order valence-electron chi connectivity index (χ3n) is 4.54. The number of likely N-dealkylation sites (tertiary alicyclic amines) is 1. The van der Waals surface area contributed by atoms with Crippen molar-refractivity contribution in [3.63, 3.8) is 0 Å². The fourth-order valence-electron chi connectivity index (χ4n) is 3.12. The number of carbonyl (C=O) groups is 2. The molecule has 6 heteroatoms. The molecular weight excluding hydrogens is 371 g/mol. The normalized spacial score (nSPS) is 17.0. The molecule has 0 radical (unpaired) electrons. The Morgan fingerprint density at radius 3 is 2.46 bits per heavy atom. The van der Waals surface area contributed by atoms with Gasteiger partial charge in [-0.2, -0.15) is 0 Å². The summed E-state index contributed by atoms with van der Waals surface area (Å²) in [4.78, 5) is 26.9. The second kappa shape index (κ2) is 8.11. The van der Waals surface area contributed by atoms with Crippen LogP contribution in [0.15, 0.2) is 42.5 Å². The minimum atomic E-state index is -0.306. The summed E-state index contributed by atoms with van der Waals surface area (Å²) in [6.07, 6.45) is 2.20. The lowest BCUT2D eigenvalue weighted by atomic mass is 9.99. The van der Waals surface area contributed by atoms with E-state index in [4.69, 9.17) is 23.2 Å². The maximum Gasteiger partial charge on any atom is 0.255 e. The first-order chi connectivity index (χ1) is 12.5. The largest absolute Gasteiger partial charge is 0.338 e. The van der Waals surface area contributed by atoms with Crippen LogP contribution in [0.2, 0.25) is 10.0 Å². The number of nitrogens with zero attached hydrogens (tertiary/aromatic N) is 1. The molecule has 136 valence electrons. The molecule has 1 atom stereocenters. The highest BCUT2D eigenvalue weighted by atomic mass is 35.5. The fraction of sp³-hybridized carbons (Fsp3) is 0.300. The third-order valence-corrected chi connectivity index (χ3v) is 5.36. The number of halogens is 2. The number of nitrogens with one attached hydrogen (secondary N) is 1. The Morgan fingerprint density at radius 1 is 1.08 bits per heavy atom. The van der Waals surface area contributed by atoms with E-state index < -0.39 is 0 Å². The van der Waals surface area contributed by atoms with Gasteiger partial charge in [0.05, 0.1) is 15.7 Å². The minimum Gasteiger partial charge on any atom is -0.338 e. The van der Waals surface area contributed by atoms with E-state index in [0.717, 1.165) is 25.9 Å². The van der Waals surface area contributed by atoms with E-state index in [1.165, 1.54) is 0 Å². The van der Waals surface area contributed by atoms with Crippen LogP contribution < -0.4 is 5.32 Å². The van der Waals surface area contributed by atoms with Crippen molar-refractivity contribution in [2.75, 3.05) is 18.4 Å². The maximum atomic E-state index is 12.6. The zero-order valence-electron chi connectivity index (χ0n) is 14.5. The van der Waals surface area contributed by atoms with E-state index in [1.54, 1.807) is 42.5 Å². The van der Waals surface area contributed by atoms with Crippen molar-refractivity contribution < 1.29 is 9.59 Å². The van der Waals surface area contributed by atoms with Crippen LogP contribution in [0.3, 0.4) is 0 Å². The van der Waals surface area contributed by atoms with Gasteiger partial charge in [0.2, 0.25) is 0 Å². The van der Waals surface area contributed by atoms with Gasteiger partial charge in [-0.3, -0.25) is 9.59 Å². The van der Waals surface area contributed by atoms with E-state index >= 15 is 0 Å². The van der Waals surface area contributed by atoms with Crippen LogP contribution in [-0.2, 0) is 0 Å². The molecule has 1 fully saturated rings. The van der Waals surface area contributed by atoms with E-state index in [0.29, 0.717) is 32.8 Å². The Labute approximate surface area is 163 Å². The predicted molar refractivity (Wildman–Crippen MR) is 105 cm³/mol. The van der Waals surface area contributed by atoms with Crippen LogP contribution in [0.25, 0.3) is 0 Å². The molecule has 4 nitrogen and oxygen atoms in total. The van der Waals surface area contributed by atoms with Gasteiger partial charge in [-0.1, -0.05) is 36.2 Å². The van der Waals surface area contributed by atoms with Gasteiger partial charge < -0.3 is 10.2 Å². The SMILES string of the molecule is CC1CCCN(C(=O)c2ccc(C(=O)Nc3cccc(Cl)c3Cl)cc2)C1. The van der Waals surface area contributed by atoms with Gasteiger partial charge >= 0.3 is 0 Å². The predicted octanol–water partition coefficient (Wildman–Crippen LogP) is 5.12. The molecular formula is C20H20Cl2N2O2. The summed E-state index contributed by atoms with van der Waals surface area (Å²) in [6.45, 7) is 3.74. The smallest absolute Gasteiger partial charge is 0.255 e. The van der Waals surface area contributed by atoms with Crippen molar-refractivity contribution in [1.29, 1.82) is 0 Å². The van der Waals surface area contributed by atoms with E-state index in [2.05, 4.69) is 12.2 Å². The Hall–Kier alpha value is -2.04. The quantitative estimate of drug-likeness (QED) is 0.790. The molecule has 1 aliphatic rings. The molecule has 1 unspecified atom stereocenters. The lowest BCUT2D eigenvalue weighted by Crippen LogP contribution is -2.39. The van der Waals surface area contributed by atoms with E-state index in [1.807, 2.05) is 4.90 Å². The molecule has 3 rings (SSSR count). The molecule has 2 aromatic rings. The number of hydrogen-bond acceptors (Lipinski definition) is 2. The van der Waals surface area contributed by atoms with Crippen LogP contribution in [0.5, 0.6) is 0 Å². The van der Waals surface area contributed by atoms with Crippen molar-refractivity contribution in [2.45, 2.75) is 19.8 Å². The Morgan fingerprint density at radius 2 is 1.77 bits per heavy atom.